The minimum absolute atomic E-state index is 0.0476. The second-order valence-corrected chi connectivity index (χ2v) is 7.51. The lowest BCUT2D eigenvalue weighted by Crippen LogP contribution is -2.49. The van der Waals surface area contributed by atoms with Crippen LogP contribution in [-0.4, -0.2) is 61.0 Å². The van der Waals surface area contributed by atoms with Gasteiger partial charge in [0.1, 0.15) is 12.4 Å². The number of piperazine rings is 1. The van der Waals surface area contributed by atoms with E-state index in [0.29, 0.717) is 45.1 Å². The number of hydrogen-bond donors (Lipinski definition) is 0. The number of benzene rings is 2. The highest BCUT2D eigenvalue weighted by molar-refractivity contribution is 5.97. The number of nitro benzene ring substituents is 1. The Kier molecular flexibility index (Phi) is 6.01. The first-order valence-corrected chi connectivity index (χ1v) is 10.3. The van der Waals surface area contributed by atoms with E-state index in [0.717, 1.165) is 11.4 Å². The van der Waals surface area contributed by atoms with Crippen LogP contribution in [0.5, 0.6) is 5.75 Å². The van der Waals surface area contributed by atoms with Crippen molar-refractivity contribution in [2.24, 2.45) is 0 Å². The fourth-order valence-corrected chi connectivity index (χ4v) is 3.95. The predicted molar refractivity (Wildman–Crippen MR) is 115 cm³/mol. The maximum Gasteiger partial charge on any atom is 0.271 e. The molecule has 2 aromatic carbocycles. The summed E-state index contributed by atoms with van der Waals surface area (Å²) in [7, 11) is 0. The molecule has 2 heterocycles. The number of hydrogen-bond acceptors (Lipinski definition) is 6. The van der Waals surface area contributed by atoms with Crippen molar-refractivity contribution >= 4 is 28.9 Å². The van der Waals surface area contributed by atoms with E-state index in [-0.39, 0.29) is 30.3 Å². The molecule has 4 rings (SSSR count). The molecule has 0 bridgehead atoms. The van der Waals surface area contributed by atoms with Crippen molar-refractivity contribution in [3.05, 3.63) is 58.6 Å². The van der Waals surface area contributed by atoms with Crippen molar-refractivity contribution in [3.8, 4) is 5.75 Å². The normalized spacial score (nSPS) is 15.8. The van der Waals surface area contributed by atoms with Gasteiger partial charge in [0, 0.05) is 56.8 Å². The van der Waals surface area contributed by atoms with Gasteiger partial charge in [-0.25, -0.2) is 0 Å². The Morgan fingerprint density at radius 3 is 2.45 bits per heavy atom. The molecule has 2 aliphatic rings. The molecular formula is C22H24N4O5. The summed E-state index contributed by atoms with van der Waals surface area (Å²) in [6, 6.07) is 13.9. The number of carbonyl (C=O) groups is 2. The molecule has 0 radical (unpaired) electrons. The van der Waals surface area contributed by atoms with E-state index < -0.39 is 4.92 Å². The molecule has 0 aliphatic carbocycles. The fourth-order valence-electron chi connectivity index (χ4n) is 3.95. The van der Waals surface area contributed by atoms with Gasteiger partial charge < -0.3 is 19.4 Å². The lowest BCUT2D eigenvalue weighted by Gasteiger charge is -2.36. The molecule has 0 N–H and O–H groups in total. The topological polar surface area (TPSA) is 96.2 Å². The highest BCUT2D eigenvalue weighted by Crippen LogP contribution is 2.31. The molecule has 0 aromatic heterocycles. The number of nitro groups is 1. The van der Waals surface area contributed by atoms with Gasteiger partial charge in [0.2, 0.25) is 11.8 Å². The first-order valence-electron chi connectivity index (χ1n) is 10.3. The summed E-state index contributed by atoms with van der Waals surface area (Å²) in [6.45, 7) is 3.16. The van der Waals surface area contributed by atoms with Gasteiger partial charge in [0.15, 0.2) is 0 Å². The molecule has 9 nitrogen and oxygen atoms in total. The van der Waals surface area contributed by atoms with Crippen molar-refractivity contribution in [1.29, 1.82) is 0 Å². The molecule has 0 saturated carbocycles. The monoisotopic (exact) mass is 424 g/mol. The number of rotatable bonds is 5. The predicted octanol–water partition coefficient (Wildman–Crippen LogP) is 2.45. The number of anilines is 2. The standard InChI is InChI=1S/C22H24N4O5/c27-21(8-9-22(28)25-14-15-31-20-7-2-1-6-19(20)25)24-12-10-23(11-13-24)17-4-3-5-18(16-17)26(29)30/h1-7,16H,8-15H2. The summed E-state index contributed by atoms with van der Waals surface area (Å²) in [5.41, 5.74) is 1.58. The van der Waals surface area contributed by atoms with E-state index in [9.17, 15) is 19.7 Å². The summed E-state index contributed by atoms with van der Waals surface area (Å²) in [6.07, 6.45) is 0.313. The van der Waals surface area contributed by atoms with Crippen LogP contribution in [0.3, 0.4) is 0 Å². The average molecular weight is 424 g/mol. The van der Waals surface area contributed by atoms with E-state index >= 15 is 0 Å². The summed E-state index contributed by atoms with van der Waals surface area (Å²) in [5, 5.41) is 11.0. The van der Waals surface area contributed by atoms with Gasteiger partial charge >= 0.3 is 0 Å². The number of nitrogens with zero attached hydrogens (tertiary/aromatic N) is 4. The quantitative estimate of drug-likeness (QED) is 0.540. The van der Waals surface area contributed by atoms with Crippen LogP contribution >= 0.6 is 0 Å². The Morgan fingerprint density at radius 2 is 1.68 bits per heavy atom. The molecular weight excluding hydrogens is 400 g/mol. The van der Waals surface area contributed by atoms with E-state index in [1.54, 1.807) is 21.9 Å². The van der Waals surface area contributed by atoms with Crippen LogP contribution in [-0.2, 0) is 9.59 Å². The fraction of sp³-hybridized carbons (Fsp3) is 0.364. The third-order valence-corrected chi connectivity index (χ3v) is 5.62. The van der Waals surface area contributed by atoms with Gasteiger partial charge in [-0.3, -0.25) is 19.7 Å². The van der Waals surface area contributed by atoms with Crippen LogP contribution in [0.4, 0.5) is 17.1 Å². The number of para-hydroxylation sites is 2. The molecule has 9 heteroatoms. The highest BCUT2D eigenvalue weighted by Gasteiger charge is 2.26. The number of carbonyl (C=O) groups excluding carboxylic acids is 2. The molecule has 2 aromatic rings. The Bertz CT molecular complexity index is 987. The lowest BCUT2D eigenvalue weighted by molar-refractivity contribution is -0.384. The minimum atomic E-state index is -0.410. The first kappa shape index (κ1) is 20.6. The summed E-state index contributed by atoms with van der Waals surface area (Å²) >= 11 is 0. The largest absolute Gasteiger partial charge is 0.490 e. The molecule has 0 unspecified atom stereocenters. The van der Waals surface area contributed by atoms with Crippen LogP contribution in [0.2, 0.25) is 0 Å². The molecule has 2 amide bonds. The molecule has 0 atom stereocenters. The van der Waals surface area contributed by atoms with Gasteiger partial charge in [-0.15, -0.1) is 0 Å². The third-order valence-electron chi connectivity index (χ3n) is 5.62. The van der Waals surface area contributed by atoms with Gasteiger partial charge in [0.05, 0.1) is 17.2 Å². The smallest absolute Gasteiger partial charge is 0.271 e. The molecule has 1 fully saturated rings. The van der Waals surface area contributed by atoms with Gasteiger partial charge in [-0.2, -0.15) is 0 Å². The molecule has 31 heavy (non-hydrogen) atoms. The van der Waals surface area contributed by atoms with Crippen molar-refractivity contribution < 1.29 is 19.2 Å². The van der Waals surface area contributed by atoms with E-state index in [4.69, 9.17) is 4.74 Å². The van der Waals surface area contributed by atoms with E-state index in [2.05, 4.69) is 0 Å². The summed E-state index contributed by atoms with van der Waals surface area (Å²) in [4.78, 5) is 41.4. The molecule has 0 spiro atoms. The van der Waals surface area contributed by atoms with E-state index in [1.165, 1.54) is 6.07 Å². The Balaban J connectivity index is 1.28. The van der Waals surface area contributed by atoms with Gasteiger partial charge in [-0.05, 0) is 18.2 Å². The third kappa shape index (κ3) is 4.60. The van der Waals surface area contributed by atoms with Crippen molar-refractivity contribution in [2.45, 2.75) is 12.8 Å². The van der Waals surface area contributed by atoms with E-state index in [1.807, 2.05) is 35.2 Å². The van der Waals surface area contributed by atoms with Gasteiger partial charge in [0.25, 0.3) is 5.69 Å². The maximum absolute atomic E-state index is 12.7. The van der Waals surface area contributed by atoms with Crippen LogP contribution < -0.4 is 14.5 Å². The van der Waals surface area contributed by atoms with Crippen LogP contribution in [0, 0.1) is 10.1 Å². The number of ether oxygens (including phenoxy) is 1. The number of non-ortho nitro benzene ring substituents is 1. The highest BCUT2D eigenvalue weighted by atomic mass is 16.6. The zero-order valence-electron chi connectivity index (χ0n) is 17.1. The Hall–Kier alpha value is -3.62. The second-order valence-electron chi connectivity index (χ2n) is 7.51. The molecule has 2 aliphatic heterocycles. The van der Waals surface area contributed by atoms with Crippen LogP contribution in [0.1, 0.15) is 12.8 Å². The average Bonchev–Trinajstić information content (AvgIpc) is 2.82. The Morgan fingerprint density at radius 1 is 0.935 bits per heavy atom. The molecule has 1 saturated heterocycles. The zero-order valence-corrected chi connectivity index (χ0v) is 17.1. The second kappa shape index (κ2) is 9.03. The number of amides is 2. The summed E-state index contributed by atoms with van der Waals surface area (Å²) < 4.78 is 5.58. The zero-order chi connectivity index (χ0) is 21.8. The van der Waals surface area contributed by atoms with Crippen LogP contribution in [0.15, 0.2) is 48.5 Å². The van der Waals surface area contributed by atoms with Gasteiger partial charge in [-0.1, -0.05) is 18.2 Å². The molecule has 162 valence electrons. The first-order chi connectivity index (χ1) is 15.0. The summed E-state index contributed by atoms with van der Waals surface area (Å²) in [5.74, 6) is 0.554. The van der Waals surface area contributed by atoms with Crippen molar-refractivity contribution in [2.75, 3.05) is 49.1 Å². The minimum Gasteiger partial charge on any atom is -0.490 e. The van der Waals surface area contributed by atoms with Crippen molar-refractivity contribution in [1.82, 2.24) is 4.90 Å². The maximum atomic E-state index is 12.7. The number of fused-ring (bicyclic) bond motifs is 1. The SMILES string of the molecule is O=C(CCC(=O)N1CCOc2ccccc21)N1CCN(c2cccc([N+](=O)[O-])c2)CC1. The van der Waals surface area contributed by atoms with Crippen LogP contribution in [0.25, 0.3) is 0 Å². The lowest BCUT2D eigenvalue weighted by atomic mass is 10.1. The van der Waals surface area contributed by atoms with Crippen molar-refractivity contribution in [3.63, 3.8) is 0 Å². The Labute approximate surface area is 179 Å².